The van der Waals surface area contributed by atoms with Gasteiger partial charge in [-0.15, -0.1) is 0 Å². The number of amides is 1. The van der Waals surface area contributed by atoms with E-state index < -0.39 is 10.0 Å². The van der Waals surface area contributed by atoms with Crippen molar-refractivity contribution in [2.24, 2.45) is 0 Å². The number of nitrogens with one attached hydrogen (secondary N) is 2. The summed E-state index contributed by atoms with van der Waals surface area (Å²) >= 11 is 0. The van der Waals surface area contributed by atoms with Crippen molar-refractivity contribution in [3.8, 4) is 17.2 Å². The predicted octanol–water partition coefficient (Wildman–Crippen LogP) is 4.53. The van der Waals surface area contributed by atoms with Crippen LogP contribution < -0.4 is 20.2 Å². The van der Waals surface area contributed by atoms with E-state index >= 15 is 0 Å². The van der Waals surface area contributed by atoms with E-state index in [1.54, 1.807) is 55.8 Å². The fourth-order valence-corrected chi connectivity index (χ4v) is 5.08. The number of benzene rings is 2. The first-order valence-electron chi connectivity index (χ1n) is 12.3. The standard InChI is InChI=1S/C28H30FN3O5S/c1-6-30-28(34)19-12-22-23(13-19)32(15-18(5)26(22)33)24-14-21(31-38(35,36)7-2)8-9-25(24)37-27-16(3)10-20(29)11-17(27)4/h8-11,13-15,31H,6-7,12H2,1-5H3,(H,30,34). The quantitative estimate of drug-likeness (QED) is 0.438. The molecule has 0 saturated carbocycles. The maximum Gasteiger partial charge on any atom is 0.247 e. The van der Waals surface area contributed by atoms with Crippen molar-refractivity contribution in [1.82, 2.24) is 9.88 Å². The van der Waals surface area contributed by atoms with Crippen molar-refractivity contribution in [3.05, 3.63) is 86.1 Å². The maximum atomic E-state index is 13.9. The molecule has 4 rings (SSSR count). The molecule has 2 N–H and O–H groups in total. The number of carbonyl (C=O) groups excluding carboxylic acids is 1. The van der Waals surface area contributed by atoms with Crippen molar-refractivity contribution in [3.63, 3.8) is 0 Å². The van der Waals surface area contributed by atoms with Crippen molar-refractivity contribution in [2.45, 2.75) is 41.0 Å². The number of ether oxygens (including phenoxy) is 1. The average molecular weight is 540 g/mol. The van der Waals surface area contributed by atoms with E-state index in [0.29, 0.717) is 62.9 Å². The summed E-state index contributed by atoms with van der Waals surface area (Å²) in [6, 6.07) is 7.54. The second-order valence-corrected chi connectivity index (χ2v) is 11.3. The molecule has 0 bridgehead atoms. The Balaban J connectivity index is 1.94. The number of pyridine rings is 1. The van der Waals surface area contributed by atoms with Crippen LogP contribution in [0.4, 0.5) is 10.1 Å². The molecule has 0 fully saturated rings. The fourth-order valence-electron chi connectivity index (χ4n) is 4.45. The minimum absolute atomic E-state index is 0.111. The van der Waals surface area contributed by atoms with Crippen LogP contribution in [0.25, 0.3) is 11.8 Å². The highest BCUT2D eigenvalue weighted by Crippen LogP contribution is 2.37. The predicted molar refractivity (Wildman–Crippen MR) is 146 cm³/mol. The topological polar surface area (TPSA) is 107 Å². The Hall–Kier alpha value is -3.92. The van der Waals surface area contributed by atoms with Gasteiger partial charge in [-0.1, -0.05) is 0 Å². The molecule has 0 saturated heterocycles. The van der Waals surface area contributed by atoms with Gasteiger partial charge < -0.3 is 14.6 Å². The third-order valence-electron chi connectivity index (χ3n) is 6.34. The molecule has 2 aromatic carbocycles. The number of fused-ring (bicyclic) bond motifs is 1. The molecule has 0 atom stereocenters. The Kier molecular flexibility index (Phi) is 7.46. The number of hydrogen-bond donors (Lipinski definition) is 2. The van der Waals surface area contributed by atoms with E-state index in [-0.39, 0.29) is 29.3 Å². The van der Waals surface area contributed by atoms with Gasteiger partial charge in [-0.25, -0.2) is 12.8 Å². The lowest BCUT2D eigenvalue weighted by molar-refractivity contribution is -0.117. The minimum atomic E-state index is -3.57. The van der Waals surface area contributed by atoms with Crippen molar-refractivity contribution in [1.29, 1.82) is 0 Å². The molecule has 0 aliphatic heterocycles. The molecule has 1 heterocycles. The van der Waals surface area contributed by atoms with Crippen LogP contribution in [0.5, 0.6) is 11.5 Å². The number of halogens is 1. The Morgan fingerprint density at radius 3 is 2.39 bits per heavy atom. The third-order valence-corrected chi connectivity index (χ3v) is 7.65. The average Bonchev–Trinajstić information content (AvgIpc) is 3.30. The number of sulfonamides is 1. The van der Waals surface area contributed by atoms with Crippen LogP contribution in [-0.2, 0) is 21.2 Å². The van der Waals surface area contributed by atoms with Gasteiger partial charge in [0.15, 0.2) is 11.2 Å². The lowest BCUT2D eigenvalue weighted by Crippen LogP contribution is -2.25. The number of nitrogens with zero attached hydrogens (tertiary/aromatic N) is 1. The van der Waals surface area contributed by atoms with Crippen LogP contribution >= 0.6 is 0 Å². The summed E-state index contributed by atoms with van der Waals surface area (Å²) in [6.45, 7) is 8.95. The Morgan fingerprint density at radius 2 is 1.76 bits per heavy atom. The smallest absolute Gasteiger partial charge is 0.247 e. The first-order valence-corrected chi connectivity index (χ1v) is 13.9. The zero-order valence-electron chi connectivity index (χ0n) is 21.9. The second-order valence-electron chi connectivity index (χ2n) is 9.24. The molecular weight excluding hydrogens is 509 g/mol. The zero-order chi connectivity index (χ0) is 27.8. The van der Waals surface area contributed by atoms with Gasteiger partial charge in [0, 0.05) is 35.9 Å². The number of carbonyl (C=O) groups is 1. The van der Waals surface area contributed by atoms with Gasteiger partial charge in [0.05, 0.1) is 22.8 Å². The summed E-state index contributed by atoms with van der Waals surface area (Å²) in [7, 11) is -3.57. The van der Waals surface area contributed by atoms with Gasteiger partial charge in [0.25, 0.3) is 0 Å². The van der Waals surface area contributed by atoms with Gasteiger partial charge in [-0.05, 0) is 82.2 Å². The Bertz CT molecular complexity index is 1620. The molecule has 1 amide bonds. The fraction of sp³-hybridized carbons (Fsp3) is 0.286. The maximum absolute atomic E-state index is 13.9. The Morgan fingerprint density at radius 1 is 1.08 bits per heavy atom. The number of aromatic nitrogens is 1. The van der Waals surface area contributed by atoms with E-state index in [1.807, 2.05) is 6.92 Å². The SMILES string of the molecule is CCNC(=O)C1=Cc2c(c(=O)c(C)cn2-c2cc(NS(=O)(=O)CC)ccc2Oc2c(C)cc(F)cc2C)C1. The van der Waals surface area contributed by atoms with Crippen LogP contribution in [-0.4, -0.2) is 31.2 Å². The summed E-state index contributed by atoms with van der Waals surface area (Å²) in [4.78, 5) is 25.6. The van der Waals surface area contributed by atoms with Crippen molar-refractivity contribution >= 4 is 27.7 Å². The van der Waals surface area contributed by atoms with E-state index in [4.69, 9.17) is 4.74 Å². The van der Waals surface area contributed by atoms with Gasteiger partial charge >= 0.3 is 0 Å². The van der Waals surface area contributed by atoms with Crippen LogP contribution in [0.3, 0.4) is 0 Å². The molecule has 0 spiro atoms. The van der Waals surface area contributed by atoms with Crippen LogP contribution in [0.1, 0.15) is 41.8 Å². The molecule has 200 valence electrons. The molecule has 1 aliphatic carbocycles. The van der Waals surface area contributed by atoms with Gasteiger partial charge in [0.2, 0.25) is 15.9 Å². The third kappa shape index (κ3) is 5.35. The van der Waals surface area contributed by atoms with E-state index in [2.05, 4.69) is 10.0 Å². The molecule has 8 nitrogen and oxygen atoms in total. The Labute approximate surface area is 221 Å². The summed E-state index contributed by atoms with van der Waals surface area (Å²) in [5.41, 5.74) is 3.63. The summed E-state index contributed by atoms with van der Waals surface area (Å²) in [5.74, 6) is 0.0640. The van der Waals surface area contributed by atoms with E-state index in [9.17, 15) is 22.4 Å². The minimum Gasteiger partial charge on any atom is -0.455 e. The molecule has 3 aromatic rings. The zero-order valence-corrected chi connectivity index (χ0v) is 22.8. The lowest BCUT2D eigenvalue weighted by Gasteiger charge is -2.20. The highest BCUT2D eigenvalue weighted by atomic mass is 32.2. The molecule has 1 aromatic heterocycles. The van der Waals surface area contributed by atoms with Gasteiger partial charge in [-0.3, -0.25) is 14.3 Å². The van der Waals surface area contributed by atoms with Crippen LogP contribution in [0.2, 0.25) is 0 Å². The van der Waals surface area contributed by atoms with Crippen LogP contribution in [0.15, 0.2) is 46.9 Å². The molecule has 10 heteroatoms. The normalized spacial score (nSPS) is 12.6. The number of likely N-dealkylation sites (N-methyl/N-ethyl adjacent to an activating group) is 1. The summed E-state index contributed by atoms with van der Waals surface area (Å²) in [5, 5.41) is 2.77. The van der Waals surface area contributed by atoms with Crippen LogP contribution in [0, 0.1) is 26.6 Å². The highest BCUT2D eigenvalue weighted by Gasteiger charge is 2.26. The van der Waals surface area contributed by atoms with Crippen molar-refractivity contribution in [2.75, 3.05) is 17.0 Å². The van der Waals surface area contributed by atoms with E-state index in [0.717, 1.165) is 0 Å². The van der Waals surface area contributed by atoms with E-state index in [1.165, 1.54) is 19.1 Å². The number of aryl methyl sites for hydroxylation is 3. The second kappa shape index (κ2) is 10.4. The lowest BCUT2D eigenvalue weighted by atomic mass is 10.1. The summed E-state index contributed by atoms with van der Waals surface area (Å²) in [6.07, 6.45) is 3.49. The van der Waals surface area contributed by atoms with Gasteiger partial charge in [0.1, 0.15) is 11.6 Å². The monoisotopic (exact) mass is 539 g/mol. The molecule has 38 heavy (non-hydrogen) atoms. The molecular formula is C28H30FN3O5S. The summed E-state index contributed by atoms with van der Waals surface area (Å²) < 4.78 is 49.1. The van der Waals surface area contributed by atoms with Gasteiger partial charge in [-0.2, -0.15) is 0 Å². The number of hydrogen-bond acceptors (Lipinski definition) is 5. The molecule has 0 radical (unpaired) electrons. The largest absolute Gasteiger partial charge is 0.455 e. The molecule has 0 unspecified atom stereocenters. The number of anilines is 1. The molecule has 1 aliphatic rings. The van der Waals surface area contributed by atoms with Crippen molar-refractivity contribution < 1.29 is 22.3 Å². The first kappa shape index (κ1) is 27.1. The highest BCUT2D eigenvalue weighted by molar-refractivity contribution is 7.92. The number of rotatable bonds is 8. The first-order chi connectivity index (χ1) is 17.9.